The quantitative estimate of drug-likeness (QED) is 0.168. The Balaban J connectivity index is 0.000000184. The van der Waals surface area contributed by atoms with Gasteiger partial charge in [-0.2, -0.15) is 28.8 Å². The second-order valence-corrected chi connectivity index (χ2v) is 17.9. The normalized spacial score (nSPS) is 14.7. The third-order valence-corrected chi connectivity index (χ3v) is 12.1. The van der Waals surface area contributed by atoms with Crippen molar-refractivity contribution >= 4 is 38.6 Å². The van der Waals surface area contributed by atoms with Crippen LogP contribution >= 0.6 is 23.2 Å². The van der Waals surface area contributed by atoms with Gasteiger partial charge in [0, 0.05) is 5.41 Å². The molecule has 3 aliphatic carbocycles. The summed E-state index contributed by atoms with van der Waals surface area (Å²) in [6.07, 6.45) is 12.5. The van der Waals surface area contributed by atoms with Gasteiger partial charge in [-0.05, 0) is 45.9 Å². The standard InChI is InChI=1S/C23H21.C13H8Cl2.C11H17.2ClH.Zr/c1-22(2)7-5-14-10-18-16(12-20(14)22)9-17-13-21-15(11-19(17)18)6-8-23(21,3)4;14-12-5-1-3-10(8-12)7-11-4-2-6-13(15)9-11;1-5-9-6-7-10(8-9)11(2,3)4;;;/h5-7,10-13H,9H2,1-4H3;1-6,8-9H;6-8H,5H2,1-4H3;2*1H;/q-1;;-1;;;+2/p-2. The van der Waals surface area contributed by atoms with Gasteiger partial charge < -0.3 is 24.8 Å². The molecule has 3 aliphatic rings. The molecule has 52 heavy (non-hydrogen) atoms. The topological polar surface area (TPSA) is 0 Å². The van der Waals surface area contributed by atoms with Crippen LogP contribution in [0.2, 0.25) is 10.0 Å². The van der Waals surface area contributed by atoms with Gasteiger partial charge in [-0.3, -0.25) is 6.08 Å². The van der Waals surface area contributed by atoms with Crippen molar-refractivity contribution in [3.05, 3.63) is 169 Å². The van der Waals surface area contributed by atoms with E-state index in [1.807, 2.05) is 36.4 Å². The molecular formula is C47H46Cl4Zr-2. The van der Waals surface area contributed by atoms with Gasteiger partial charge in [0.1, 0.15) is 0 Å². The molecule has 0 N–H and O–H groups in total. The van der Waals surface area contributed by atoms with Gasteiger partial charge in [0.25, 0.3) is 0 Å². The predicted octanol–water partition coefficient (Wildman–Crippen LogP) is 7.05. The molecule has 5 heteroatoms. The number of benzene rings is 4. The average molecular weight is 844 g/mol. The van der Waals surface area contributed by atoms with Crippen LogP contribution < -0.4 is 24.8 Å². The molecule has 5 aromatic carbocycles. The first-order valence-corrected chi connectivity index (χ1v) is 19.6. The van der Waals surface area contributed by atoms with E-state index in [9.17, 15) is 0 Å². The van der Waals surface area contributed by atoms with E-state index in [2.05, 4.69) is 134 Å². The van der Waals surface area contributed by atoms with Crippen LogP contribution in [0.15, 0.2) is 97.1 Å². The van der Waals surface area contributed by atoms with Crippen LogP contribution in [-0.4, -0.2) is 3.21 Å². The second-order valence-electron chi connectivity index (χ2n) is 15.8. The van der Waals surface area contributed by atoms with Crippen LogP contribution in [-0.2, 0) is 53.3 Å². The summed E-state index contributed by atoms with van der Waals surface area (Å²) in [5, 5.41) is 1.53. The van der Waals surface area contributed by atoms with Crippen LogP contribution in [0.5, 0.6) is 0 Å². The minimum atomic E-state index is 0. The van der Waals surface area contributed by atoms with E-state index in [4.69, 9.17) is 23.2 Å². The van der Waals surface area contributed by atoms with Crippen LogP contribution in [0.1, 0.15) is 111 Å². The molecule has 0 nitrogen and oxygen atoms in total. The summed E-state index contributed by atoms with van der Waals surface area (Å²) in [5.74, 6) is 0. The number of hydrogen-bond acceptors (Lipinski definition) is 0. The first-order valence-electron chi connectivity index (χ1n) is 17.6. The molecule has 0 saturated heterocycles. The second kappa shape index (κ2) is 16.6. The zero-order chi connectivity index (χ0) is 36.0. The molecule has 0 amide bonds. The Morgan fingerprint density at radius 2 is 1.35 bits per heavy atom. The minimum absolute atomic E-state index is 0. The van der Waals surface area contributed by atoms with Gasteiger partial charge in [0.05, 0.1) is 0 Å². The van der Waals surface area contributed by atoms with E-state index in [-0.39, 0.29) is 35.6 Å². The van der Waals surface area contributed by atoms with Gasteiger partial charge >= 0.3 is 120 Å². The van der Waals surface area contributed by atoms with Crippen molar-refractivity contribution in [2.24, 2.45) is 0 Å². The molecule has 0 fully saturated rings. The number of rotatable bonds is 3. The zero-order valence-electron chi connectivity index (χ0n) is 31.3. The number of hydrogen-bond donors (Lipinski definition) is 0. The first kappa shape index (κ1) is 42.4. The Morgan fingerprint density at radius 3 is 1.85 bits per heavy atom. The van der Waals surface area contributed by atoms with E-state index >= 15 is 0 Å². The van der Waals surface area contributed by atoms with Crippen LogP contribution in [0, 0.1) is 6.08 Å². The maximum absolute atomic E-state index is 5.98. The van der Waals surface area contributed by atoms with Gasteiger partial charge in [0.2, 0.25) is 0 Å². The summed E-state index contributed by atoms with van der Waals surface area (Å²) in [5.41, 5.74) is 17.2. The summed E-state index contributed by atoms with van der Waals surface area (Å²) in [6.45, 7) is 18.1. The van der Waals surface area contributed by atoms with Crippen LogP contribution in [0.4, 0.5) is 0 Å². The molecule has 0 saturated carbocycles. The molecule has 0 heterocycles. The Bertz CT molecular complexity index is 2030. The van der Waals surface area contributed by atoms with Gasteiger partial charge in [-0.1, -0.05) is 96.9 Å². The van der Waals surface area contributed by atoms with E-state index < -0.39 is 0 Å². The SMILES string of the molecule is CC1(C)[C-]=Cc2cc3c(cc21)Cc1cc2c(cc1-3)C=CC2(C)C.CCc1cc(C(C)(C)C)c[cH-]1.Clc1cccc([C](=[Zr+2])c2cccc(Cl)c2)c1.[Cl-].[Cl-]. The fraction of sp³-hybridized carbons (Fsp3) is 0.277. The smallest absolute Gasteiger partial charge is 1.00 e. The van der Waals surface area contributed by atoms with Gasteiger partial charge in [-0.25, -0.2) is 12.1 Å². The Labute approximate surface area is 349 Å². The van der Waals surface area contributed by atoms with Crippen LogP contribution in [0.3, 0.4) is 0 Å². The number of fused-ring (bicyclic) bond motifs is 5. The molecule has 0 spiro atoms. The molecule has 5 aromatic rings. The summed E-state index contributed by atoms with van der Waals surface area (Å²) in [6, 6.07) is 32.2. The molecule has 268 valence electrons. The zero-order valence-corrected chi connectivity index (χ0v) is 36.8. The number of halogens is 4. The summed E-state index contributed by atoms with van der Waals surface area (Å²) < 4.78 is 1.26. The van der Waals surface area contributed by atoms with Gasteiger partial charge in [-0.15, -0.1) is 11.6 Å². The maximum Gasteiger partial charge on any atom is -1.00 e. The molecule has 0 unspecified atom stereocenters. The van der Waals surface area contributed by atoms with E-state index in [0.29, 0.717) is 5.41 Å². The van der Waals surface area contributed by atoms with Crippen molar-refractivity contribution in [2.75, 3.05) is 0 Å². The fourth-order valence-electron chi connectivity index (χ4n) is 7.04. The summed E-state index contributed by atoms with van der Waals surface area (Å²) in [4.78, 5) is 0. The molecule has 8 rings (SSSR count). The fourth-order valence-corrected chi connectivity index (χ4v) is 8.18. The number of allylic oxidation sites excluding steroid dienone is 2. The average Bonchev–Trinajstić information content (AvgIpc) is 3.83. The van der Waals surface area contributed by atoms with E-state index in [0.717, 1.165) is 34.0 Å². The first-order chi connectivity index (χ1) is 23.6. The molecule has 0 radical (unpaired) electrons. The van der Waals surface area contributed by atoms with Crippen LogP contribution in [0.25, 0.3) is 23.3 Å². The Hall–Kier alpha value is -2.38. The molecule has 0 aromatic heterocycles. The third-order valence-electron chi connectivity index (χ3n) is 10.2. The van der Waals surface area contributed by atoms with Crippen molar-refractivity contribution in [1.29, 1.82) is 0 Å². The molecule has 0 bridgehead atoms. The summed E-state index contributed by atoms with van der Waals surface area (Å²) >= 11 is 13.3. The van der Waals surface area contributed by atoms with Crippen molar-refractivity contribution in [3.63, 3.8) is 0 Å². The summed E-state index contributed by atoms with van der Waals surface area (Å²) in [7, 11) is 0. The van der Waals surface area contributed by atoms with Crippen molar-refractivity contribution in [2.45, 2.75) is 84.5 Å². The minimum Gasteiger partial charge on any atom is -1.00 e. The van der Waals surface area contributed by atoms with E-state index in [1.165, 1.54) is 83.1 Å². The van der Waals surface area contributed by atoms with Gasteiger partial charge in [0.15, 0.2) is 0 Å². The largest absolute Gasteiger partial charge is 1.00 e. The monoisotopic (exact) mass is 840 g/mol. The maximum atomic E-state index is 5.98. The molecule has 0 atom stereocenters. The van der Waals surface area contributed by atoms with Crippen molar-refractivity contribution in [3.8, 4) is 11.1 Å². The van der Waals surface area contributed by atoms with Crippen molar-refractivity contribution in [1.82, 2.24) is 0 Å². The Kier molecular flexibility index (Phi) is 13.5. The third kappa shape index (κ3) is 9.11. The number of aryl methyl sites for hydroxylation is 1. The molecular weight excluding hydrogens is 798 g/mol. The van der Waals surface area contributed by atoms with Crippen molar-refractivity contribution < 1.29 is 49.0 Å². The van der Waals surface area contributed by atoms with E-state index in [1.54, 1.807) is 0 Å². The predicted molar refractivity (Wildman–Crippen MR) is 214 cm³/mol. The molecule has 0 aliphatic heterocycles. The Morgan fingerprint density at radius 1 is 0.788 bits per heavy atom.